The zero-order valence-electron chi connectivity index (χ0n) is 11.3. The van der Waals surface area contributed by atoms with Gasteiger partial charge in [-0.25, -0.2) is 0 Å². The first-order valence-electron chi connectivity index (χ1n) is 6.87. The Labute approximate surface area is 134 Å². The topological polar surface area (TPSA) is 35.8 Å². The average molecular weight is 317 g/mol. The Balaban J connectivity index is 1.59. The third-order valence-electron chi connectivity index (χ3n) is 3.94. The zero-order chi connectivity index (χ0) is 14.8. The van der Waals surface area contributed by atoms with Crippen molar-refractivity contribution in [3.63, 3.8) is 0 Å². The first-order chi connectivity index (χ1) is 10.2. The van der Waals surface area contributed by atoms with Crippen LogP contribution in [0.5, 0.6) is 0 Å². The van der Waals surface area contributed by atoms with E-state index in [1.54, 1.807) is 6.07 Å². The van der Waals surface area contributed by atoms with E-state index in [-0.39, 0.29) is 0 Å². The van der Waals surface area contributed by atoms with Gasteiger partial charge in [0.2, 0.25) is 0 Å². The van der Waals surface area contributed by atoms with E-state index in [1.807, 2.05) is 24.3 Å². The molecule has 3 rings (SSSR count). The molecule has 0 amide bonds. The lowest BCUT2D eigenvalue weighted by molar-refractivity contribution is 0.374. The molecule has 1 aliphatic carbocycles. The highest BCUT2D eigenvalue weighted by atomic mass is 35.5. The minimum absolute atomic E-state index is 0.453. The van der Waals surface area contributed by atoms with Crippen LogP contribution in [-0.4, -0.2) is 6.04 Å². The molecule has 0 radical (unpaired) electrons. The van der Waals surface area contributed by atoms with Crippen LogP contribution in [0.25, 0.3) is 0 Å². The lowest BCUT2D eigenvalue weighted by Gasteiger charge is -2.37. The Morgan fingerprint density at radius 3 is 2.38 bits per heavy atom. The van der Waals surface area contributed by atoms with E-state index in [9.17, 15) is 0 Å². The van der Waals surface area contributed by atoms with E-state index in [0.29, 0.717) is 22.5 Å². The van der Waals surface area contributed by atoms with Crippen LogP contribution in [0.3, 0.4) is 0 Å². The quantitative estimate of drug-likeness (QED) is 0.842. The van der Waals surface area contributed by atoms with E-state index in [1.165, 1.54) is 5.56 Å². The number of hydrogen-bond acceptors (Lipinski definition) is 2. The van der Waals surface area contributed by atoms with Gasteiger partial charge in [-0.1, -0.05) is 35.3 Å². The number of nitriles is 1. The standard InChI is InChI=1S/C17H14Cl2N2/c18-14-4-1-11(2-5-14)13-7-16(8-13)21-15-6-3-12(10-20)17(19)9-15/h1-6,9,13,16,21H,7-8H2. The van der Waals surface area contributed by atoms with Crippen LogP contribution in [0.15, 0.2) is 42.5 Å². The van der Waals surface area contributed by atoms with Crippen molar-refractivity contribution >= 4 is 28.9 Å². The highest BCUT2D eigenvalue weighted by Crippen LogP contribution is 2.39. The number of nitrogens with zero attached hydrogens (tertiary/aromatic N) is 1. The molecule has 2 aromatic carbocycles. The first kappa shape index (κ1) is 14.3. The van der Waals surface area contributed by atoms with Gasteiger partial charge in [0.1, 0.15) is 6.07 Å². The molecule has 1 N–H and O–H groups in total. The predicted octanol–water partition coefficient (Wildman–Crippen LogP) is 5.22. The number of halogens is 2. The highest BCUT2D eigenvalue weighted by Gasteiger charge is 2.30. The highest BCUT2D eigenvalue weighted by molar-refractivity contribution is 6.32. The van der Waals surface area contributed by atoms with Gasteiger partial charge in [-0.05, 0) is 54.7 Å². The lowest BCUT2D eigenvalue weighted by atomic mass is 9.76. The number of hydrogen-bond donors (Lipinski definition) is 1. The van der Waals surface area contributed by atoms with Crippen molar-refractivity contribution in [1.29, 1.82) is 5.26 Å². The van der Waals surface area contributed by atoms with E-state index < -0.39 is 0 Å². The second kappa shape index (κ2) is 5.97. The van der Waals surface area contributed by atoms with Gasteiger partial charge in [0.05, 0.1) is 10.6 Å². The van der Waals surface area contributed by atoms with Crippen molar-refractivity contribution in [1.82, 2.24) is 0 Å². The third kappa shape index (κ3) is 3.15. The van der Waals surface area contributed by atoms with Crippen molar-refractivity contribution in [2.24, 2.45) is 0 Å². The molecule has 21 heavy (non-hydrogen) atoms. The monoisotopic (exact) mass is 316 g/mol. The summed E-state index contributed by atoms with van der Waals surface area (Å²) < 4.78 is 0. The normalized spacial score (nSPS) is 20.4. The van der Waals surface area contributed by atoms with Crippen LogP contribution in [0.4, 0.5) is 5.69 Å². The van der Waals surface area contributed by atoms with Crippen LogP contribution >= 0.6 is 23.2 Å². The Hall–Kier alpha value is -1.69. The largest absolute Gasteiger partial charge is 0.382 e. The van der Waals surface area contributed by atoms with Gasteiger partial charge in [0.15, 0.2) is 0 Å². The zero-order valence-corrected chi connectivity index (χ0v) is 12.8. The molecule has 2 aromatic rings. The Morgan fingerprint density at radius 2 is 1.76 bits per heavy atom. The summed E-state index contributed by atoms with van der Waals surface area (Å²) in [5.41, 5.74) is 2.82. The van der Waals surface area contributed by atoms with Gasteiger partial charge >= 0.3 is 0 Å². The molecule has 0 aromatic heterocycles. The summed E-state index contributed by atoms with van der Waals surface area (Å²) in [4.78, 5) is 0. The van der Waals surface area contributed by atoms with Crippen molar-refractivity contribution in [2.75, 3.05) is 5.32 Å². The fraction of sp³-hybridized carbons (Fsp3) is 0.235. The SMILES string of the molecule is N#Cc1ccc(NC2CC(c3ccc(Cl)cc3)C2)cc1Cl. The fourth-order valence-electron chi connectivity index (χ4n) is 2.67. The molecule has 0 spiro atoms. The summed E-state index contributed by atoms with van der Waals surface area (Å²) in [6.45, 7) is 0. The maximum atomic E-state index is 8.86. The van der Waals surface area contributed by atoms with Gasteiger partial charge in [-0.2, -0.15) is 5.26 Å². The van der Waals surface area contributed by atoms with E-state index >= 15 is 0 Å². The van der Waals surface area contributed by atoms with Gasteiger partial charge in [-0.3, -0.25) is 0 Å². The van der Waals surface area contributed by atoms with Gasteiger partial charge in [0, 0.05) is 16.8 Å². The van der Waals surface area contributed by atoms with Crippen LogP contribution in [-0.2, 0) is 0 Å². The predicted molar refractivity (Wildman–Crippen MR) is 87.0 cm³/mol. The second-order valence-electron chi connectivity index (χ2n) is 5.37. The molecular formula is C17H14Cl2N2. The molecule has 0 saturated heterocycles. The van der Waals surface area contributed by atoms with Crippen LogP contribution in [0.2, 0.25) is 10.0 Å². The maximum absolute atomic E-state index is 8.86. The van der Waals surface area contributed by atoms with Gasteiger partial charge in [-0.15, -0.1) is 0 Å². The summed E-state index contributed by atoms with van der Waals surface area (Å²) in [5.74, 6) is 0.591. The van der Waals surface area contributed by atoms with Gasteiger partial charge in [0.25, 0.3) is 0 Å². The number of benzene rings is 2. The Bertz CT molecular complexity index is 683. The van der Waals surface area contributed by atoms with E-state index in [4.69, 9.17) is 28.5 Å². The van der Waals surface area contributed by atoms with Crippen molar-refractivity contribution in [3.05, 3.63) is 63.6 Å². The lowest BCUT2D eigenvalue weighted by Crippen LogP contribution is -2.33. The fourth-order valence-corrected chi connectivity index (χ4v) is 3.02. The first-order valence-corrected chi connectivity index (χ1v) is 7.63. The average Bonchev–Trinajstić information content (AvgIpc) is 2.44. The van der Waals surface area contributed by atoms with Crippen LogP contribution in [0.1, 0.15) is 29.9 Å². The summed E-state index contributed by atoms with van der Waals surface area (Å²) in [5, 5.41) is 13.6. The second-order valence-corrected chi connectivity index (χ2v) is 6.21. The molecule has 1 saturated carbocycles. The van der Waals surface area contributed by atoms with Crippen LogP contribution < -0.4 is 5.32 Å². The minimum atomic E-state index is 0.453. The molecule has 106 valence electrons. The van der Waals surface area contributed by atoms with E-state index in [2.05, 4.69) is 23.5 Å². The number of rotatable bonds is 3. The summed E-state index contributed by atoms with van der Waals surface area (Å²) in [7, 11) is 0. The molecule has 1 aliphatic rings. The number of nitrogens with one attached hydrogen (secondary N) is 1. The summed E-state index contributed by atoms with van der Waals surface area (Å²) in [6, 6.07) is 16.1. The molecule has 0 aliphatic heterocycles. The van der Waals surface area contributed by atoms with Crippen molar-refractivity contribution in [3.8, 4) is 6.07 Å². The molecule has 0 atom stereocenters. The molecule has 0 bridgehead atoms. The molecule has 0 unspecified atom stereocenters. The Morgan fingerprint density at radius 1 is 1.05 bits per heavy atom. The Kier molecular flexibility index (Phi) is 4.05. The number of anilines is 1. The molecule has 0 heterocycles. The van der Waals surface area contributed by atoms with E-state index in [0.717, 1.165) is 23.6 Å². The molecule has 4 heteroatoms. The molecular weight excluding hydrogens is 303 g/mol. The van der Waals surface area contributed by atoms with Gasteiger partial charge < -0.3 is 5.32 Å². The molecule has 1 fully saturated rings. The molecule has 2 nitrogen and oxygen atoms in total. The van der Waals surface area contributed by atoms with Crippen molar-refractivity contribution in [2.45, 2.75) is 24.8 Å². The third-order valence-corrected chi connectivity index (χ3v) is 4.50. The van der Waals surface area contributed by atoms with Crippen LogP contribution in [0, 0.1) is 11.3 Å². The summed E-state index contributed by atoms with van der Waals surface area (Å²) >= 11 is 11.9. The minimum Gasteiger partial charge on any atom is -0.382 e. The van der Waals surface area contributed by atoms with Crippen molar-refractivity contribution < 1.29 is 0 Å². The maximum Gasteiger partial charge on any atom is 0.101 e. The smallest absolute Gasteiger partial charge is 0.101 e. The summed E-state index contributed by atoms with van der Waals surface area (Å²) in [6.07, 6.45) is 2.19.